The van der Waals surface area contributed by atoms with Crippen molar-refractivity contribution in [3.05, 3.63) is 53.9 Å². The van der Waals surface area contributed by atoms with Crippen LogP contribution in [0.2, 0.25) is 0 Å². The normalized spacial score (nSPS) is 10.8. The van der Waals surface area contributed by atoms with Crippen LogP contribution in [-0.2, 0) is 0 Å². The van der Waals surface area contributed by atoms with E-state index in [1.54, 1.807) is 26.4 Å². The molecule has 0 radical (unpaired) electrons. The Morgan fingerprint density at radius 3 is 2.26 bits per heavy atom. The number of nitrogens with zero attached hydrogens (tertiary/aromatic N) is 1. The fourth-order valence-electron chi connectivity index (χ4n) is 3.15. The summed E-state index contributed by atoms with van der Waals surface area (Å²) < 4.78 is 13.0. The zero-order valence-electron chi connectivity index (χ0n) is 13.8. The third-order valence-corrected chi connectivity index (χ3v) is 4.18. The third-order valence-electron chi connectivity index (χ3n) is 4.18. The Hall–Kier alpha value is -2.75. The van der Waals surface area contributed by atoms with Gasteiger partial charge in [-0.2, -0.15) is 4.57 Å². The van der Waals surface area contributed by atoms with Crippen LogP contribution in [0.25, 0.3) is 16.8 Å². The van der Waals surface area contributed by atoms with Crippen LogP contribution in [0.3, 0.4) is 0 Å². The largest absolute Gasteiger partial charge is 0.507 e. The zero-order valence-corrected chi connectivity index (χ0v) is 13.8. The van der Waals surface area contributed by atoms with Gasteiger partial charge in [-0.3, -0.25) is 0 Å². The molecule has 0 fully saturated rings. The Morgan fingerprint density at radius 2 is 1.57 bits per heavy atom. The lowest BCUT2D eigenvalue weighted by atomic mass is 10.1. The van der Waals surface area contributed by atoms with Crippen LogP contribution in [0.4, 0.5) is 0 Å². The summed E-state index contributed by atoms with van der Waals surface area (Å²) in [7, 11) is 3.29. The molecule has 0 atom stereocenters. The Balaban J connectivity index is 2.38. The van der Waals surface area contributed by atoms with Gasteiger partial charge in [0.1, 0.15) is 28.4 Å². The van der Waals surface area contributed by atoms with E-state index in [0.717, 1.165) is 39.7 Å². The summed E-state index contributed by atoms with van der Waals surface area (Å²) in [5.41, 5.74) is 4.66. The van der Waals surface area contributed by atoms with Crippen molar-refractivity contribution in [3.63, 3.8) is 0 Å². The van der Waals surface area contributed by atoms with E-state index in [0.29, 0.717) is 0 Å². The van der Waals surface area contributed by atoms with Crippen molar-refractivity contribution in [1.82, 2.24) is 0 Å². The van der Waals surface area contributed by atoms with Gasteiger partial charge in [0.25, 0.3) is 0 Å². The highest BCUT2D eigenvalue weighted by Crippen LogP contribution is 2.41. The monoisotopic (exact) mass is 310 g/mol. The second-order valence-electron chi connectivity index (χ2n) is 5.44. The van der Waals surface area contributed by atoms with Crippen LogP contribution in [0.1, 0.15) is 11.4 Å². The molecule has 1 heterocycles. The fourth-order valence-corrected chi connectivity index (χ4v) is 3.15. The van der Waals surface area contributed by atoms with Crippen LogP contribution in [0.15, 0.2) is 42.5 Å². The van der Waals surface area contributed by atoms with Gasteiger partial charge >= 0.3 is 0 Å². The van der Waals surface area contributed by atoms with E-state index in [1.807, 2.05) is 44.2 Å². The first-order valence-corrected chi connectivity index (χ1v) is 7.43. The molecule has 1 aromatic carbocycles. The van der Waals surface area contributed by atoms with Gasteiger partial charge in [-0.05, 0) is 18.2 Å². The van der Waals surface area contributed by atoms with Gasteiger partial charge in [-0.1, -0.05) is 12.1 Å². The number of hydrogen-bond donors (Lipinski definition) is 1. The zero-order chi connectivity index (χ0) is 16.6. The molecule has 23 heavy (non-hydrogen) atoms. The molecule has 3 rings (SSSR count). The van der Waals surface area contributed by atoms with Gasteiger partial charge in [0, 0.05) is 19.9 Å². The summed E-state index contributed by atoms with van der Waals surface area (Å²) >= 11 is 0. The number of benzene rings is 1. The number of hydrogen-bond acceptors (Lipinski definition) is 3. The minimum atomic E-state index is 0.241. The molecule has 4 heteroatoms. The second kappa shape index (κ2) is 5.80. The van der Waals surface area contributed by atoms with Crippen molar-refractivity contribution in [2.75, 3.05) is 14.2 Å². The Kier molecular flexibility index (Phi) is 3.82. The van der Waals surface area contributed by atoms with Gasteiger partial charge in [-0.15, -0.1) is 0 Å². The molecule has 1 aliphatic carbocycles. The van der Waals surface area contributed by atoms with E-state index in [2.05, 4.69) is 4.57 Å². The van der Waals surface area contributed by atoms with Crippen molar-refractivity contribution in [2.24, 2.45) is 0 Å². The van der Waals surface area contributed by atoms with Crippen molar-refractivity contribution in [3.8, 4) is 34.1 Å². The van der Waals surface area contributed by atoms with E-state index >= 15 is 0 Å². The highest BCUT2D eigenvalue weighted by atomic mass is 16.5. The molecule has 0 saturated carbocycles. The van der Waals surface area contributed by atoms with Gasteiger partial charge in [0.15, 0.2) is 11.4 Å². The summed E-state index contributed by atoms with van der Waals surface area (Å²) in [6.45, 7) is 4.02. The smallest absolute Gasteiger partial charge is 0.214 e. The van der Waals surface area contributed by atoms with Crippen molar-refractivity contribution < 1.29 is 19.1 Å². The SMILES string of the molecule is COc1cccc(-[n+]2c(C)c3c(O)cccc(OC)c-3c2C)c1. The molecule has 1 N–H and O–H groups in total. The first-order chi connectivity index (χ1) is 11.1. The van der Waals surface area contributed by atoms with E-state index in [-0.39, 0.29) is 5.75 Å². The van der Waals surface area contributed by atoms with E-state index < -0.39 is 0 Å². The van der Waals surface area contributed by atoms with Crippen LogP contribution in [0, 0.1) is 13.8 Å². The molecule has 1 aliphatic heterocycles. The summed E-state index contributed by atoms with van der Waals surface area (Å²) in [5.74, 6) is 1.77. The lowest BCUT2D eigenvalue weighted by Gasteiger charge is -2.01. The van der Waals surface area contributed by atoms with E-state index in [4.69, 9.17) is 9.47 Å². The molecule has 2 aliphatic rings. The summed E-state index contributed by atoms with van der Waals surface area (Å²) in [4.78, 5) is 0. The Morgan fingerprint density at radius 1 is 0.870 bits per heavy atom. The molecular formula is C19H20NO3+. The number of aromatic hydroxyl groups is 1. The average Bonchev–Trinajstić information content (AvgIpc) is 2.71. The predicted molar refractivity (Wildman–Crippen MR) is 88.8 cm³/mol. The van der Waals surface area contributed by atoms with Gasteiger partial charge < -0.3 is 14.6 Å². The summed E-state index contributed by atoms with van der Waals surface area (Å²) in [5, 5.41) is 10.4. The van der Waals surface area contributed by atoms with Crippen LogP contribution < -0.4 is 14.0 Å². The number of fused-ring (bicyclic) bond motifs is 1. The maximum absolute atomic E-state index is 10.4. The van der Waals surface area contributed by atoms with Gasteiger partial charge in [0.2, 0.25) is 5.69 Å². The second-order valence-corrected chi connectivity index (χ2v) is 5.44. The standard InChI is InChI=1S/C19H19NO3/c1-12-18-16(21)9-6-10-17(23-4)19(18)13(2)20(12)14-7-5-8-15(11-14)22-3/h5-11H,1-4H3/p+1. The molecule has 118 valence electrons. The van der Waals surface area contributed by atoms with E-state index in [1.165, 1.54) is 0 Å². The maximum atomic E-state index is 10.4. The molecule has 0 spiro atoms. The number of aromatic nitrogens is 1. The van der Waals surface area contributed by atoms with Gasteiger partial charge in [0.05, 0.1) is 20.3 Å². The Labute approximate surface area is 135 Å². The lowest BCUT2D eigenvalue weighted by Crippen LogP contribution is -2.34. The highest BCUT2D eigenvalue weighted by Gasteiger charge is 2.32. The Bertz CT molecular complexity index is 842. The first kappa shape index (κ1) is 15.2. The van der Waals surface area contributed by atoms with Crippen molar-refractivity contribution in [1.29, 1.82) is 0 Å². The number of methoxy groups -OCH3 is 2. The van der Waals surface area contributed by atoms with Crippen LogP contribution >= 0.6 is 0 Å². The first-order valence-electron chi connectivity index (χ1n) is 7.43. The topological polar surface area (TPSA) is 42.6 Å². The molecule has 0 amide bonds. The number of rotatable bonds is 3. The molecule has 0 bridgehead atoms. The quantitative estimate of drug-likeness (QED) is 0.754. The van der Waals surface area contributed by atoms with Crippen LogP contribution in [-0.4, -0.2) is 19.3 Å². The third kappa shape index (κ3) is 2.36. The fraction of sp³-hybridized carbons (Fsp3) is 0.211. The lowest BCUT2D eigenvalue weighted by molar-refractivity contribution is -0.604. The molecule has 0 saturated heterocycles. The number of ether oxygens (including phenoxy) is 2. The molecule has 1 aromatic rings. The molecular weight excluding hydrogens is 290 g/mol. The van der Waals surface area contributed by atoms with Crippen molar-refractivity contribution in [2.45, 2.75) is 13.8 Å². The molecule has 0 unspecified atom stereocenters. The van der Waals surface area contributed by atoms with Gasteiger partial charge in [-0.25, -0.2) is 0 Å². The summed E-state index contributed by atoms with van der Waals surface area (Å²) in [6, 6.07) is 13.2. The molecule has 0 aromatic heterocycles. The summed E-state index contributed by atoms with van der Waals surface area (Å²) in [6.07, 6.45) is 0. The van der Waals surface area contributed by atoms with E-state index in [9.17, 15) is 5.11 Å². The molecule has 4 nitrogen and oxygen atoms in total. The van der Waals surface area contributed by atoms with Crippen LogP contribution in [0.5, 0.6) is 17.2 Å². The minimum Gasteiger partial charge on any atom is -0.507 e. The average molecular weight is 310 g/mol. The highest BCUT2D eigenvalue weighted by molar-refractivity contribution is 5.79. The minimum absolute atomic E-state index is 0.241. The predicted octanol–water partition coefficient (Wildman–Crippen LogP) is 3.41. The van der Waals surface area contributed by atoms with Crippen molar-refractivity contribution >= 4 is 0 Å². The maximum Gasteiger partial charge on any atom is 0.214 e.